The normalized spacial score (nSPS) is 13.7. The number of hydrogen-bond acceptors (Lipinski definition) is 4. The summed E-state index contributed by atoms with van der Waals surface area (Å²) in [6, 6.07) is -1.59. The van der Waals surface area contributed by atoms with E-state index >= 15 is 0 Å². The predicted molar refractivity (Wildman–Crippen MR) is 65.5 cm³/mol. The van der Waals surface area contributed by atoms with Crippen molar-refractivity contribution in [3.63, 3.8) is 0 Å². The smallest absolute Gasteiger partial charge is 0.326 e. The van der Waals surface area contributed by atoms with Gasteiger partial charge in [0, 0.05) is 20.8 Å². The molecule has 0 aliphatic heterocycles. The number of urea groups is 1. The van der Waals surface area contributed by atoms with Crippen LogP contribution in [0, 0.1) is 0 Å². The Labute approximate surface area is 107 Å². The molecule has 7 nitrogen and oxygen atoms in total. The Morgan fingerprint density at radius 1 is 1.22 bits per heavy atom. The fourth-order valence-electron chi connectivity index (χ4n) is 1.40. The Kier molecular flexibility index (Phi) is 8.95. The van der Waals surface area contributed by atoms with Crippen LogP contribution in [-0.4, -0.2) is 56.6 Å². The minimum atomic E-state index is -1.05. The van der Waals surface area contributed by atoms with Crippen molar-refractivity contribution in [2.75, 3.05) is 27.4 Å². The highest BCUT2D eigenvalue weighted by Gasteiger charge is 2.19. The summed E-state index contributed by atoms with van der Waals surface area (Å²) < 4.78 is 9.70. The molecule has 0 aromatic rings. The molecule has 0 aromatic carbocycles. The number of amides is 2. The Morgan fingerprint density at radius 3 is 2.39 bits per heavy atom. The van der Waals surface area contributed by atoms with Gasteiger partial charge in [0.2, 0.25) is 0 Å². The molecule has 0 saturated heterocycles. The third-order valence-corrected chi connectivity index (χ3v) is 2.24. The highest BCUT2D eigenvalue weighted by Crippen LogP contribution is 1.98. The number of nitrogens with one attached hydrogen (secondary N) is 2. The molecule has 0 spiro atoms. The van der Waals surface area contributed by atoms with Gasteiger partial charge >= 0.3 is 12.0 Å². The first-order chi connectivity index (χ1) is 8.51. The van der Waals surface area contributed by atoms with Crippen LogP contribution in [0.5, 0.6) is 0 Å². The number of ether oxygens (including phenoxy) is 2. The maximum Gasteiger partial charge on any atom is 0.326 e. The first-order valence-electron chi connectivity index (χ1n) is 5.79. The molecule has 0 heterocycles. The van der Waals surface area contributed by atoms with E-state index in [2.05, 4.69) is 10.6 Å². The van der Waals surface area contributed by atoms with Gasteiger partial charge in [0.1, 0.15) is 6.04 Å². The number of rotatable bonds is 9. The SMILES string of the molecule is COCCCC(NC(=O)NC(C)COC)C(=O)O. The Balaban J connectivity index is 4.07. The van der Waals surface area contributed by atoms with Crippen LogP contribution in [0.1, 0.15) is 19.8 Å². The van der Waals surface area contributed by atoms with Crippen molar-refractivity contribution in [3.8, 4) is 0 Å². The van der Waals surface area contributed by atoms with Crippen molar-refractivity contribution in [1.82, 2.24) is 10.6 Å². The van der Waals surface area contributed by atoms with Gasteiger partial charge in [0.15, 0.2) is 0 Å². The minimum absolute atomic E-state index is 0.177. The van der Waals surface area contributed by atoms with E-state index < -0.39 is 18.0 Å². The summed E-state index contributed by atoms with van der Waals surface area (Å²) in [7, 11) is 3.07. The monoisotopic (exact) mass is 262 g/mol. The molecular formula is C11H22N2O5. The lowest BCUT2D eigenvalue weighted by atomic mass is 10.1. The molecule has 0 rings (SSSR count). The van der Waals surface area contributed by atoms with Crippen LogP contribution in [0.15, 0.2) is 0 Å². The fourth-order valence-corrected chi connectivity index (χ4v) is 1.40. The van der Waals surface area contributed by atoms with E-state index in [0.29, 0.717) is 26.1 Å². The van der Waals surface area contributed by atoms with Gasteiger partial charge in [-0.15, -0.1) is 0 Å². The molecule has 0 aromatic heterocycles. The zero-order chi connectivity index (χ0) is 14.0. The summed E-state index contributed by atoms with van der Waals surface area (Å²) in [4.78, 5) is 22.4. The van der Waals surface area contributed by atoms with Crippen molar-refractivity contribution in [1.29, 1.82) is 0 Å². The summed E-state index contributed by atoms with van der Waals surface area (Å²) >= 11 is 0. The predicted octanol–water partition coefficient (Wildman–Crippen LogP) is 0.200. The largest absolute Gasteiger partial charge is 0.480 e. The quantitative estimate of drug-likeness (QED) is 0.516. The Hall–Kier alpha value is -1.34. The lowest BCUT2D eigenvalue weighted by Gasteiger charge is -2.17. The summed E-state index contributed by atoms with van der Waals surface area (Å²) in [5.41, 5.74) is 0. The third-order valence-electron chi connectivity index (χ3n) is 2.24. The van der Waals surface area contributed by atoms with Gasteiger partial charge in [0.05, 0.1) is 12.6 Å². The number of carbonyl (C=O) groups excluding carboxylic acids is 1. The minimum Gasteiger partial charge on any atom is -0.480 e. The van der Waals surface area contributed by atoms with Crippen LogP contribution in [0.4, 0.5) is 4.79 Å². The summed E-state index contributed by atoms with van der Waals surface area (Å²) in [5.74, 6) is -1.05. The van der Waals surface area contributed by atoms with E-state index in [-0.39, 0.29) is 6.04 Å². The zero-order valence-electron chi connectivity index (χ0n) is 11.1. The van der Waals surface area contributed by atoms with E-state index in [1.54, 1.807) is 14.0 Å². The van der Waals surface area contributed by atoms with Crippen molar-refractivity contribution < 1.29 is 24.2 Å². The molecule has 3 N–H and O–H groups in total. The molecule has 0 bridgehead atoms. The molecule has 106 valence electrons. The van der Waals surface area contributed by atoms with Crippen LogP contribution in [0.25, 0.3) is 0 Å². The number of methoxy groups -OCH3 is 2. The van der Waals surface area contributed by atoms with Gasteiger partial charge in [-0.25, -0.2) is 9.59 Å². The van der Waals surface area contributed by atoms with E-state index in [9.17, 15) is 9.59 Å². The molecule has 0 aliphatic carbocycles. The van der Waals surface area contributed by atoms with E-state index in [4.69, 9.17) is 14.6 Å². The number of carboxylic acids is 1. The first kappa shape index (κ1) is 16.7. The first-order valence-corrected chi connectivity index (χ1v) is 5.79. The van der Waals surface area contributed by atoms with E-state index in [1.165, 1.54) is 7.11 Å². The average Bonchev–Trinajstić information content (AvgIpc) is 2.27. The molecule has 7 heteroatoms. The maximum atomic E-state index is 11.5. The Bertz CT molecular complexity index is 260. The van der Waals surface area contributed by atoms with Gasteiger partial charge in [-0.2, -0.15) is 0 Å². The van der Waals surface area contributed by atoms with Gasteiger partial charge in [-0.05, 0) is 19.8 Å². The van der Waals surface area contributed by atoms with Crippen molar-refractivity contribution in [2.45, 2.75) is 31.8 Å². The average molecular weight is 262 g/mol. The second-order valence-electron chi connectivity index (χ2n) is 4.00. The second-order valence-corrected chi connectivity index (χ2v) is 4.00. The van der Waals surface area contributed by atoms with Gasteiger partial charge in [-0.1, -0.05) is 0 Å². The molecule has 18 heavy (non-hydrogen) atoms. The van der Waals surface area contributed by atoms with Crippen LogP contribution in [0.3, 0.4) is 0 Å². The van der Waals surface area contributed by atoms with Crippen molar-refractivity contribution >= 4 is 12.0 Å². The summed E-state index contributed by atoms with van der Waals surface area (Å²) in [6.45, 7) is 2.60. The third kappa shape index (κ3) is 7.86. The number of carbonyl (C=O) groups is 2. The summed E-state index contributed by atoms with van der Waals surface area (Å²) in [5, 5.41) is 13.9. The Morgan fingerprint density at radius 2 is 1.89 bits per heavy atom. The fraction of sp³-hybridized carbons (Fsp3) is 0.818. The highest BCUT2D eigenvalue weighted by atomic mass is 16.5. The van der Waals surface area contributed by atoms with Crippen LogP contribution in [0.2, 0.25) is 0 Å². The van der Waals surface area contributed by atoms with Gasteiger partial charge in [-0.3, -0.25) is 0 Å². The molecule has 0 aliphatic rings. The van der Waals surface area contributed by atoms with E-state index in [1.807, 2.05) is 0 Å². The van der Waals surface area contributed by atoms with Crippen LogP contribution >= 0.6 is 0 Å². The molecule has 2 unspecified atom stereocenters. The lowest BCUT2D eigenvalue weighted by molar-refractivity contribution is -0.139. The zero-order valence-corrected chi connectivity index (χ0v) is 11.1. The lowest BCUT2D eigenvalue weighted by Crippen LogP contribution is -2.49. The maximum absolute atomic E-state index is 11.5. The van der Waals surface area contributed by atoms with Crippen molar-refractivity contribution in [2.24, 2.45) is 0 Å². The molecule has 2 amide bonds. The van der Waals surface area contributed by atoms with Crippen LogP contribution < -0.4 is 10.6 Å². The topological polar surface area (TPSA) is 96.9 Å². The van der Waals surface area contributed by atoms with Crippen LogP contribution in [-0.2, 0) is 14.3 Å². The number of carboxylic acid groups (broad SMARTS) is 1. The van der Waals surface area contributed by atoms with Gasteiger partial charge in [0.25, 0.3) is 0 Å². The van der Waals surface area contributed by atoms with Crippen molar-refractivity contribution in [3.05, 3.63) is 0 Å². The van der Waals surface area contributed by atoms with E-state index in [0.717, 1.165) is 0 Å². The molecule has 0 saturated carbocycles. The second kappa shape index (κ2) is 9.67. The molecule has 2 atom stereocenters. The number of aliphatic carboxylic acids is 1. The molecule has 0 fully saturated rings. The van der Waals surface area contributed by atoms with Gasteiger partial charge < -0.3 is 25.2 Å². The summed E-state index contributed by atoms with van der Waals surface area (Å²) in [6.07, 6.45) is 0.899. The number of hydrogen-bond donors (Lipinski definition) is 3. The molecule has 0 radical (unpaired) electrons. The standard InChI is InChI=1S/C11H22N2O5/c1-8(7-18-3)12-11(16)13-9(10(14)15)5-4-6-17-2/h8-9H,4-7H2,1-3H3,(H,14,15)(H2,12,13,16). The molecular weight excluding hydrogens is 240 g/mol. The highest BCUT2D eigenvalue weighted by molar-refractivity contribution is 5.82.